The summed E-state index contributed by atoms with van der Waals surface area (Å²) in [5.41, 5.74) is -0.422. The Kier molecular flexibility index (Phi) is 2.96. The first-order chi connectivity index (χ1) is 7.83. The maximum atomic E-state index is 12.1. The predicted octanol–water partition coefficient (Wildman–Crippen LogP) is 3.06. The van der Waals surface area contributed by atoms with Gasteiger partial charge in [-0.05, 0) is 44.9 Å². The second-order valence-electron chi connectivity index (χ2n) is 6.36. The molecule has 1 aliphatic heterocycles. The number of nitrogens with zero attached hydrogens (tertiary/aromatic N) is 1. The molecule has 0 bridgehead atoms. The van der Waals surface area contributed by atoms with Crippen LogP contribution in [0.2, 0.25) is 0 Å². The Morgan fingerprint density at radius 2 is 2.06 bits per heavy atom. The lowest BCUT2D eigenvalue weighted by Crippen LogP contribution is -2.46. The summed E-state index contributed by atoms with van der Waals surface area (Å²) in [6.07, 6.45) is 2.74. The van der Waals surface area contributed by atoms with Gasteiger partial charge in [0.1, 0.15) is 5.60 Å². The Balaban J connectivity index is 2.03. The average molecular weight is 237 g/mol. The lowest BCUT2D eigenvalue weighted by molar-refractivity contribution is 0.0139. The molecule has 2 aliphatic rings. The third kappa shape index (κ3) is 2.48. The minimum atomic E-state index is -0.422. The monoisotopic (exact) mass is 237 g/mol. The number of rotatable bonds is 1. The number of ether oxygens (including phenoxy) is 1. The van der Waals surface area contributed by atoms with Gasteiger partial charge in [-0.15, -0.1) is 6.58 Å². The van der Waals surface area contributed by atoms with E-state index in [1.54, 1.807) is 0 Å². The summed E-state index contributed by atoms with van der Waals surface area (Å²) in [5.74, 6) is 2.22. The molecule has 4 atom stereocenters. The molecule has 3 nitrogen and oxygen atoms in total. The number of amides is 1. The van der Waals surface area contributed by atoms with E-state index in [4.69, 9.17) is 4.74 Å². The smallest absolute Gasteiger partial charge is 0.410 e. The third-order valence-electron chi connectivity index (χ3n) is 3.98. The third-order valence-corrected chi connectivity index (χ3v) is 3.98. The van der Waals surface area contributed by atoms with Gasteiger partial charge in [0.05, 0.1) is 6.04 Å². The second-order valence-corrected chi connectivity index (χ2v) is 6.36. The van der Waals surface area contributed by atoms with Crippen molar-refractivity contribution in [3.63, 3.8) is 0 Å². The molecular formula is C14H23NO2. The van der Waals surface area contributed by atoms with Crippen molar-refractivity contribution in [1.82, 2.24) is 4.90 Å². The summed E-state index contributed by atoms with van der Waals surface area (Å²) in [5, 5.41) is 0. The molecule has 1 saturated carbocycles. The normalized spacial score (nSPS) is 36.1. The Bertz CT molecular complexity index is 332. The lowest BCUT2D eigenvalue weighted by atomic mass is 10.0. The van der Waals surface area contributed by atoms with Gasteiger partial charge in [0, 0.05) is 6.54 Å². The maximum Gasteiger partial charge on any atom is 0.410 e. The van der Waals surface area contributed by atoms with E-state index in [0.717, 1.165) is 24.8 Å². The summed E-state index contributed by atoms with van der Waals surface area (Å²) in [4.78, 5) is 14.0. The molecule has 0 radical (unpaired) electrons. The van der Waals surface area contributed by atoms with Crippen molar-refractivity contribution in [3.8, 4) is 0 Å². The topological polar surface area (TPSA) is 29.5 Å². The van der Waals surface area contributed by atoms with E-state index < -0.39 is 5.60 Å². The molecule has 0 N–H and O–H groups in total. The molecule has 0 aromatic rings. The molecule has 1 amide bonds. The van der Waals surface area contributed by atoms with Gasteiger partial charge < -0.3 is 9.64 Å². The molecule has 1 saturated heterocycles. The van der Waals surface area contributed by atoms with Crippen LogP contribution in [0.5, 0.6) is 0 Å². The molecule has 0 unspecified atom stereocenters. The van der Waals surface area contributed by atoms with Gasteiger partial charge in [-0.2, -0.15) is 0 Å². The highest BCUT2D eigenvalue weighted by Gasteiger charge is 2.53. The van der Waals surface area contributed by atoms with Gasteiger partial charge >= 0.3 is 6.09 Å². The zero-order chi connectivity index (χ0) is 12.8. The zero-order valence-electron chi connectivity index (χ0n) is 11.3. The number of carbonyl (C=O) groups excluding carboxylic acids is 1. The Hall–Kier alpha value is -0.990. The van der Waals surface area contributed by atoms with E-state index in [0.29, 0.717) is 5.92 Å². The van der Waals surface area contributed by atoms with E-state index >= 15 is 0 Å². The van der Waals surface area contributed by atoms with Gasteiger partial charge in [0.15, 0.2) is 0 Å². The van der Waals surface area contributed by atoms with Crippen LogP contribution in [0.25, 0.3) is 0 Å². The Morgan fingerprint density at radius 3 is 2.59 bits per heavy atom. The molecule has 0 aromatic heterocycles. The number of fused-ring (bicyclic) bond motifs is 1. The van der Waals surface area contributed by atoms with Gasteiger partial charge in [0.2, 0.25) is 0 Å². The van der Waals surface area contributed by atoms with Crippen LogP contribution in [-0.4, -0.2) is 29.2 Å². The van der Waals surface area contributed by atoms with Crippen LogP contribution in [0.4, 0.5) is 4.79 Å². The van der Waals surface area contributed by atoms with E-state index in [-0.39, 0.29) is 12.1 Å². The van der Waals surface area contributed by atoms with E-state index in [2.05, 4.69) is 13.5 Å². The first-order valence-electron chi connectivity index (χ1n) is 6.45. The van der Waals surface area contributed by atoms with Crippen molar-refractivity contribution < 1.29 is 9.53 Å². The van der Waals surface area contributed by atoms with Crippen LogP contribution < -0.4 is 0 Å². The first kappa shape index (κ1) is 12.5. The molecule has 0 aromatic carbocycles. The largest absolute Gasteiger partial charge is 0.444 e. The molecule has 3 heteroatoms. The fraction of sp³-hybridized carbons (Fsp3) is 0.786. The first-order valence-corrected chi connectivity index (χ1v) is 6.45. The summed E-state index contributed by atoms with van der Waals surface area (Å²) >= 11 is 0. The van der Waals surface area contributed by atoms with E-state index in [9.17, 15) is 4.79 Å². The fourth-order valence-corrected chi connectivity index (χ4v) is 2.85. The molecule has 17 heavy (non-hydrogen) atoms. The predicted molar refractivity (Wildman–Crippen MR) is 67.7 cm³/mol. The van der Waals surface area contributed by atoms with E-state index in [1.807, 2.05) is 31.7 Å². The van der Waals surface area contributed by atoms with Gasteiger partial charge in [-0.25, -0.2) is 4.79 Å². The molecular weight excluding hydrogens is 214 g/mol. The van der Waals surface area contributed by atoms with Crippen LogP contribution in [0.3, 0.4) is 0 Å². The van der Waals surface area contributed by atoms with Crippen LogP contribution in [-0.2, 0) is 4.74 Å². The highest BCUT2D eigenvalue weighted by molar-refractivity contribution is 5.69. The minimum Gasteiger partial charge on any atom is -0.444 e. The van der Waals surface area contributed by atoms with Gasteiger partial charge in [0.25, 0.3) is 0 Å². The van der Waals surface area contributed by atoms with Crippen molar-refractivity contribution in [2.24, 2.45) is 17.8 Å². The van der Waals surface area contributed by atoms with Crippen molar-refractivity contribution in [3.05, 3.63) is 12.7 Å². The minimum absolute atomic E-state index is 0.149. The molecule has 96 valence electrons. The SMILES string of the molecule is C=C[C@@H]1C[C@H]2[C@@H](C)[C@H]2CN1C(=O)OC(C)(C)C. The standard InChI is InChI=1S/C14H23NO2/c1-6-10-7-11-9(2)12(11)8-15(10)13(16)17-14(3,4)5/h6,9-12H,1,7-8H2,2-5H3/t9-,10-,11+,12-/m1/s1. The summed E-state index contributed by atoms with van der Waals surface area (Å²) in [6.45, 7) is 12.7. The molecule has 1 heterocycles. The number of hydrogen-bond donors (Lipinski definition) is 0. The van der Waals surface area contributed by atoms with Crippen LogP contribution in [0.1, 0.15) is 34.1 Å². The Labute approximate surface area is 104 Å². The summed E-state index contributed by atoms with van der Waals surface area (Å²) < 4.78 is 5.45. The van der Waals surface area contributed by atoms with Gasteiger partial charge in [-0.3, -0.25) is 0 Å². The zero-order valence-corrected chi connectivity index (χ0v) is 11.3. The average Bonchev–Trinajstić information content (AvgIpc) is 2.85. The van der Waals surface area contributed by atoms with Crippen LogP contribution in [0, 0.1) is 17.8 Å². The van der Waals surface area contributed by atoms with Crippen molar-refractivity contribution in [1.29, 1.82) is 0 Å². The summed E-state index contributed by atoms with van der Waals surface area (Å²) in [6, 6.07) is 0.149. The number of likely N-dealkylation sites (tertiary alicyclic amines) is 1. The number of hydrogen-bond acceptors (Lipinski definition) is 2. The maximum absolute atomic E-state index is 12.1. The van der Waals surface area contributed by atoms with Crippen molar-refractivity contribution in [2.45, 2.75) is 45.8 Å². The highest BCUT2D eigenvalue weighted by Crippen LogP contribution is 2.53. The Morgan fingerprint density at radius 1 is 1.41 bits per heavy atom. The van der Waals surface area contributed by atoms with Gasteiger partial charge in [-0.1, -0.05) is 13.0 Å². The van der Waals surface area contributed by atoms with Crippen molar-refractivity contribution in [2.75, 3.05) is 6.54 Å². The fourth-order valence-electron chi connectivity index (χ4n) is 2.85. The van der Waals surface area contributed by atoms with Crippen molar-refractivity contribution >= 4 is 6.09 Å². The molecule has 2 fully saturated rings. The number of carbonyl (C=O) groups is 1. The van der Waals surface area contributed by atoms with Crippen LogP contribution >= 0.6 is 0 Å². The highest BCUT2D eigenvalue weighted by atomic mass is 16.6. The van der Waals surface area contributed by atoms with Crippen LogP contribution in [0.15, 0.2) is 12.7 Å². The molecule has 0 spiro atoms. The summed E-state index contributed by atoms with van der Waals surface area (Å²) in [7, 11) is 0. The number of piperidine rings is 1. The quantitative estimate of drug-likeness (QED) is 0.656. The molecule has 1 aliphatic carbocycles. The van der Waals surface area contributed by atoms with E-state index in [1.165, 1.54) is 0 Å². The second kappa shape index (κ2) is 4.04. The molecule has 2 rings (SSSR count). The lowest BCUT2D eigenvalue weighted by Gasteiger charge is -2.34.